The van der Waals surface area contributed by atoms with Crippen LogP contribution in [0.1, 0.15) is 22.7 Å². The zero-order valence-corrected chi connectivity index (χ0v) is 15.6. The molecule has 0 aliphatic rings. The second-order valence-corrected chi connectivity index (χ2v) is 4.87. The molecule has 0 bridgehead atoms. The lowest BCUT2D eigenvalue weighted by Crippen LogP contribution is -2.39. The zero-order valence-electron chi connectivity index (χ0n) is 13.3. The molecule has 0 radical (unpaired) electrons. The van der Waals surface area contributed by atoms with Crippen LogP contribution in [0.4, 0.5) is 0 Å². The number of halogens is 1. The Bertz CT molecular complexity index is 575. The van der Waals surface area contributed by atoms with Crippen molar-refractivity contribution in [2.45, 2.75) is 26.8 Å². The Labute approximate surface area is 147 Å². The highest BCUT2D eigenvalue weighted by Crippen LogP contribution is 2.12. The van der Waals surface area contributed by atoms with Gasteiger partial charge >= 0.3 is 0 Å². The third kappa shape index (κ3) is 4.72. The normalized spacial score (nSPS) is 11.2. The molecule has 8 heteroatoms. The smallest absolute Gasteiger partial charge is 0.193 e. The van der Waals surface area contributed by atoms with Crippen LogP contribution in [0.5, 0.6) is 0 Å². The van der Waals surface area contributed by atoms with Gasteiger partial charge in [0.2, 0.25) is 0 Å². The van der Waals surface area contributed by atoms with Gasteiger partial charge in [-0.15, -0.1) is 24.0 Å². The molecule has 2 aromatic heterocycles. The predicted molar refractivity (Wildman–Crippen MR) is 94.4 cm³/mol. The molecular weight excluding hydrogens is 397 g/mol. The molecule has 2 aromatic rings. The maximum atomic E-state index is 5.16. The largest absolute Gasteiger partial charge is 0.364 e. The number of nitrogens with zero attached hydrogens (tertiary/aromatic N) is 4. The van der Waals surface area contributed by atoms with Crippen molar-refractivity contribution in [2.75, 3.05) is 20.6 Å². The van der Waals surface area contributed by atoms with Crippen molar-refractivity contribution in [1.82, 2.24) is 20.5 Å². The van der Waals surface area contributed by atoms with Crippen molar-refractivity contribution in [2.24, 2.45) is 4.99 Å². The van der Waals surface area contributed by atoms with Crippen molar-refractivity contribution in [3.8, 4) is 0 Å². The number of hydrogen-bond acceptors (Lipinski definition) is 5. The summed E-state index contributed by atoms with van der Waals surface area (Å²) in [7, 11) is 3.72. The molecule has 2 rings (SSSR count). The summed E-state index contributed by atoms with van der Waals surface area (Å²) >= 11 is 0. The van der Waals surface area contributed by atoms with E-state index in [0.717, 1.165) is 41.6 Å². The van der Waals surface area contributed by atoms with E-state index in [1.54, 1.807) is 13.3 Å². The van der Waals surface area contributed by atoms with E-state index >= 15 is 0 Å². The average molecular weight is 419 g/mol. The van der Waals surface area contributed by atoms with Crippen LogP contribution < -0.4 is 5.32 Å². The van der Waals surface area contributed by atoms with Crippen LogP contribution in [0.3, 0.4) is 0 Å². The highest BCUT2D eigenvalue weighted by Gasteiger charge is 2.11. The number of hydrogen-bond donors (Lipinski definition) is 1. The van der Waals surface area contributed by atoms with E-state index in [2.05, 4.69) is 20.6 Å². The standard InChI is InChI=1S/C14H21N5O2.HI/c1-10-13(11(2)21-17-10)5-7-16-14(15-3)19(4)9-12-6-8-20-18-12;/h6,8H,5,7,9H2,1-4H3,(H,15,16);1H. The first-order valence-electron chi connectivity index (χ1n) is 6.84. The van der Waals surface area contributed by atoms with Crippen LogP contribution in [0, 0.1) is 13.8 Å². The van der Waals surface area contributed by atoms with E-state index in [-0.39, 0.29) is 24.0 Å². The number of guanidine groups is 1. The van der Waals surface area contributed by atoms with Crippen molar-refractivity contribution in [3.05, 3.63) is 35.0 Å². The molecule has 0 saturated heterocycles. The van der Waals surface area contributed by atoms with Crippen LogP contribution >= 0.6 is 24.0 Å². The molecule has 0 fully saturated rings. The van der Waals surface area contributed by atoms with Crippen molar-refractivity contribution in [1.29, 1.82) is 0 Å². The monoisotopic (exact) mass is 419 g/mol. The van der Waals surface area contributed by atoms with E-state index in [4.69, 9.17) is 9.05 Å². The molecule has 0 aliphatic carbocycles. The summed E-state index contributed by atoms with van der Waals surface area (Å²) in [6.07, 6.45) is 2.41. The van der Waals surface area contributed by atoms with Gasteiger partial charge in [-0.2, -0.15) is 0 Å². The summed E-state index contributed by atoms with van der Waals surface area (Å²) in [5.74, 6) is 1.69. The highest BCUT2D eigenvalue weighted by atomic mass is 127. The second-order valence-electron chi connectivity index (χ2n) is 4.87. The summed E-state index contributed by atoms with van der Waals surface area (Å²) in [6, 6.07) is 1.84. The number of aryl methyl sites for hydroxylation is 2. The lowest BCUT2D eigenvalue weighted by Gasteiger charge is -2.20. The zero-order chi connectivity index (χ0) is 15.2. The summed E-state index contributed by atoms with van der Waals surface area (Å²) < 4.78 is 9.99. The van der Waals surface area contributed by atoms with Gasteiger partial charge in [0, 0.05) is 32.3 Å². The van der Waals surface area contributed by atoms with E-state index in [9.17, 15) is 0 Å². The molecule has 1 N–H and O–H groups in total. The number of aromatic nitrogens is 2. The van der Waals surface area contributed by atoms with Crippen LogP contribution in [0.2, 0.25) is 0 Å². The Kier molecular flexibility index (Phi) is 7.36. The minimum Gasteiger partial charge on any atom is -0.364 e. The Morgan fingerprint density at radius 3 is 2.68 bits per heavy atom. The van der Waals surface area contributed by atoms with Crippen molar-refractivity contribution in [3.63, 3.8) is 0 Å². The minimum absolute atomic E-state index is 0. The molecule has 0 amide bonds. The summed E-state index contributed by atoms with van der Waals surface area (Å²) in [4.78, 5) is 6.26. The first-order valence-corrected chi connectivity index (χ1v) is 6.84. The third-order valence-electron chi connectivity index (χ3n) is 3.30. The fraction of sp³-hybridized carbons (Fsp3) is 0.500. The molecule has 0 spiro atoms. The van der Waals surface area contributed by atoms with E-state index in [1.165, 1.54) is 0 Å². The fourth-order valence-corrected chi connectivity index (χ4v) is 2.18. The van der Waals surface area contributed by atoms with Gasteiger partial charge in [0.15, 0.2) is 5.96 Å². The molecular formula is C14H22IN5O2. The van der Waals surface area contributed by atoms with E-state index < -0.39 is 0 Å². The van der Waals surface area contributed by atoms with Gasteiger partial charge in [-0.1, -0.05) is 10.3 Å². The molecule has 0 aliphatic heterocycles. The molecule has 0 atom stereocenters. The van der Waals surface area contributed by atoms with Crippen molar-refractivity contribution >= 4 is 29.9 Å². The first kappa shape index (κ1) is 18.5. The van der Waals surface area contributed by atoms with E-state index in [0.29, 0.717) is 6.54 Å². The topological polar surface area (TPSA) is 79.7 Å². The number of rotatable bonds is 5. The molecule has 0 unspecified atom stereocenters. The lowest BCUT2D eigenvalue weighted by molar-refractivity contribution is 0.390. The van der Waals surface area contributed by atoms with Crippen LogP contribution in [-0.2, 0) is 13.0 Å². The molecule has 0 saturated carbocycles. The van der Waals surface area contributed by atoms with Crippen LogP contribution in [-0.4, -0.2) is 41.8 Å². The fourth-order valence-electron chi connectivity index (χ4n) is 2.18. The van der Waals surface area contributed by atoms with Gasteiger partial charge in [-0.25, -0.2) is 0 Å². The molecule has 122 valence electrons. The molecule has 7 nitrogen and oxygen atoms in total. The van der Waals surface area contributed by atoms with Gasteiger partial charge in [0.1, 0.15) is 17.7 Å². The number of nitrogens with one attached hydrogen (secondary N) is 1. The highest BCUT2D eigenvalue weighted by molar-refractivity contribution is 14.0. The maximum Gasteiger partial charge on any atom is 0.193 e. The predicted octanol–water partition coefficient (Wildman–Crippen LogP) is 2.15. The van der Waals surface area contributed by atoms with Gasteiger partial charge in [-0.3, -0.25) is 4.99 Å². The van der Waals surface area contributed by atoms with Gasteiger partial charge in [0.25, 0.3) is 0 Å². The Hall–Kier alpha value is -1.58. The van der Waals surface area contributed by atoms with Crippen molar-refractivity contribution < 1.29 is 9.05 Å². The van der Waals surface area contributed by atoms with E-state index in [1.807, 2.05) is 31.9 Å². The second kappa shape index (κ2) is 8.76. The SMILES string of the molecule is CN=C(NCCc1c(C)noc1C)N(C)Cc1ccon1.I. The number of aliphatic imine (C=N–C) groups is 1. The van der Waals surface area contributed by atoms with Crippen LogP contribution in [0.15, 0.2) is 26.4 Å². The van der Waals surface area contributed by atoms with Gasteiger partial charge < -0.3 is 19.3 Å². The summed E-state index contributed by atoms with van der Waals surface area (Å²) in [5, 5.41) is 11.2. The molecule has 2 heterocycles. The molecule has 22 heavy (non-hydrogen) atoms. The Morgan fingerprint density at radius 2 is 2.14 bits per heavy atom. The lowest BCUT2D eigenvalue weighted by atomic mass is 10.1. The van der Waals surface area contributed by atoms with Gasteiger partial charge in [-0.05, 0) is 20.3 Å². The van der Waals surface area contributed by atoms with Gasteiger partial charge in [0.05, 0.1) is 12.2 Å². The Morgan fingerprint density at radius 1 is 1.36 bits per heavy atom. The summed E-state index contributed by atoms with van der Waals surface area (Å²) in [5.41, 5.74) is 2.96. The Balaban J connectivity index is 0.00000242. The maximum absolute atomic E-state index is 5.16. The molecule has 0 aromatic carbocycles. The quantitative estimate of drug-likeness (QED) is 0.455. The average Bonchev–Trinajstić information content (AvgIpc) is 3.07. The third-order valence-corrected chi connectivity index (χ3v) is 3.30. The minimum atomic E-state index is 0. The first-order chi connectivity index (χ1) is 10.1. The van der Waals surface area contributed by atoms with Crippen LogP contribution in [0.25, 0.3) is 0 Å². The summed E-state index contributed by atoms with van der Waals surface area (Å²) in [6.45, 7) is 5.29.